The average molecular weight is 261 g/mol. The van der Waals surface area contributed by atoms with Crippen molar-refractivity contribution in [2.45, 2.75) is 24.8 Å². The van der Waals surface area contributed by atoms with Crippen LogP contribution in [0, 0.1) is 0 Å². The molecule has 3 amide bonds. The average Bonchev–Trinajstić information content (AvgIpc) is 3.20. The lowest BCUT2D eigenvalue weighted by Crippen LogP contribution is -2.42. The van der Waals surface area contributed by atoms with Gasteiger partial charge in [0.15, 0.2) is 0 Å². The van der Waals surface area contributed by atoms with Gasteiger partial charge in [0, 0.05) is 13.1 Å². The second-order valence-corrected chi connectivity index (χ2v) is 4.75. The molecule has 102 valence electrons. The zero-order valence-corrected chi connectivity index (χ0v) is 10.8. The number of carbonyl (C=O) groups excluding carboxylic acids is 2. The van der Waals surface area contributed by atoms with Crippen molar-refractivity contribution >= 4 is 12.4 Å². The lowest BCUT2D eigenvalue weighted by atomic mass is 10.1. The second kappa shape index (κ2) is 6.22. The summed E-state index contributed by atoms with van der Waals surface area (Å²) >= 11 is 0. The molecule has 1 fully saturated rings. The third-order valence-corrected chi connectivity index (χ3v) is 3.30. The highest BCUT2D eigenvalue weighted by atomic mass is 16.2. The Morgan fingerprint density at radius 1 is 1.21 bits per heavy atom. The summed E-state index contributed by atoms with van der Waals surface area (Å²) in [6.07, 6.45) is 3.35. The third-order valence-electron chi connectivity index (χ3n) is 3.30. The Morgan fingerprint density at radius 3 is 2.58 bits per heavy atom. The van der Waals surface area contributed by atoms with Gasteiger partial charge in [-0.05, 0) is 24.8 Å². The predicted octanol–water partition coefficient (Wildman–Crippen LogP) is 1.11. The first kappa shape index (κ1) is 13.4. The van der Waals surface area contributed by atoms with Crippen molar-refractivity contribution in [3.63, 3.8) is 0 Å². The van der Waals surface area contributed by atoms with Crippen LogP contribution >= 0.6 is 0 Å². The number of urea groups is 1. The van der Waals surface area contributed by atoms with Gasteiger partial charge in [0.25, 0.3) is 0 Å². The molecule has 1 aliphatic rings. The van der Waals surface area contributed by atoms with Gasteiger partial charge in [0.05, 0.1) is 5.54 Å². The van der Waals surface area contributed by atoms with Crippen LogP contribution in [0.5, 0.6) is 0 Å². The molecule has 1 saturated carbocycles. The Hall–Kier alpha value is -2.04. The molecular weight excluding hydrogens is 242 g/mol. The minimum atomic E-state index is -0.174. The molecule has 0 unspecified atom stereocenters. The van der Waals surface area contributed by atoms with Crippen LogP contribution in [-0.2, 0) is 10.3 Å². The molecule has 3 N–H and O–H groups in total. The maximum absolute atomic E-state index is 11.8. The number of benzene rings is 1. The van der Waals surface area contributed by atoms with Gasteiger partial charge < -0.3 is 16.0 Å². The molecule has 0 spiro atoms. The van der Waals surface area contributed by atoms with Gasteiger partial charge in [-0.25, -0.2) is 4.79 Å². The normalized spacial score (nSPS) is 15.4. The van der Waals surface area contributed by atoms with E-state index < -0.39 is 0 Å². The summed E-state index contributed by atoms with van der Waals surface area (Å²) in [6, 6.07) is 9.88. The predicted molar refractivity (Wildman–Crippen MR) is 72.6 cm³/mol. The minimum absolute atomic E-state index is 0.146. The molecule has 0 bridgehead atoms. The zero-order valence-electron chi connectivity index (χ0n) is 10.8. The van der Waals surface area contributed by atoms with Crippen molar-refractivity contribution < 1.29 is 9.59 Å². The van der Waals surface area contributed by atoms with Gasteiger partial charge in [-0.15, -0.1) is 0 Å². The summed E-state index contributed by atoms with van der Waals surface area (Å²) in [5.74, 6) is 0. The highest BCUT2D eigenvalue weighted by molar-refractivity contribution is 5.75. The van der Waals surface area contributed by atoms with E-state index in [-0.39, 0.29) is 11.6 Å². The van der Waals surface area contributed by atoms with E-state index in [0.717, 1.165) is 24.8 Å². The molecule has 1 aromatic carbocycles. The van der Waals surface area contributed by atoms with Crippen LogP contribution in [0.4, 0.5) is 4.79 Å². The number of nitrogens with one attached hydrogen (secondary N) is 3. The van der Waals surface area contributed by atoms with Crippen LogP contribution in [0.25, 0.3) is 0 Å². The van der Waals surface area contributed by atoms with E-state index in [1.165, 1.54) is 0 Å². The molecule has 5 heteroatoms. The van der Waals surface area contributed by atoms with Gasteiger partial charge in [0.2, 0.25) is 6.41 Å². The van der Waals surface area contributed by atoms with E-state index >= 15 is 0 Å². The Labute approximate surface area is 112 Å². The standard InChI is InChI=1S/C14H19N3O2/c18-11-15-9-4-10-16-13(19)17-14(7-8-14)12-5-2-1-3-6-12/h1-3,5-6,11H,4,7-10H2,(H,15,18)(H2,16,17,19). The van der Waals surface area contributed by atoms with Crippen molar-refractivity contribution in [3.8, 4) is 0 Å². The fraction of sp³-hybridized carbons (Fsp3) is 0.429. The summed E-state index contributed by atoms with van der Waals surface area (Å²) in [5.41, 5.74) is 0.986. The number of rotatable bonds is 7. The van der Waals surface area contributed by atoms with Gasteiger partial charge in [-0.1, -0.05) is 30.3 Å². The van der Waals surface area contributed by atoms with Crippen molar-refractivity contribution in [1.29, 1.82) is 0 Å². The van der Waals surface area contributed by atoms with Crippen LogP contribution in [0.3, 0.4) is 0 Å². The Kier molecular flexibility index (Phi) is 4.39. The SMILES string of the molecule is O=CNCCCNC(=O)NC1(c2ccccc2)CC1. The molecule has 1 aliphatic carbocycles. The summed E-state index contributed by atoms with van der Waals surface area (Å²) < 4.78 is 0. The van der Waals surface area contributed by atoms with E-state index in [2.05, 4.69) is 16.0 Å². The Bertz CT molecular complexity index is 430. The fourth-order valence-corrected chi connectivity index (χ4v) is 2.08. The molecule has 2 rings (SSSR count). The van der Waals surface area contributed by atoms with Crippen molar-refractivity contribution in [2.24, 2.45) is 0 Å². The highest BCUT2D eigenvalue weighted by Gasteiger charge is 2.45. The van der Waals surface area contributed by atoms with E-state index in [4.69, 9.17) is 0 Å². The van der Waals surface area contributed by atoms with Gasteiger partial charge in [-0.3, -0.25) is 4.79 Å². The summed E-state index contributed by atoms with van der Waals surface area (Å²) in [6.45, 7) is 1.13. The minimum Gasteiger partial charge on any atom is -0.359 e. The fourth-order valence-electron chi connectivity index (χ4n) is 2.08. The highest BCUT2D eigenvalue weighted by Crippen LogP contribution is 2.45. The molecule has 0 aromatic heterocycles. The maximum atomic E-state index is 11.8. The number of hydrogen-bond donors (Lipinski definition) is 3. The number of carbonyl (C=O) groups is 2. The lowest BCUT2D eigenvalue weighted by molar-refractivity contribution is -0.109. The second-order valence-electron chi connectivity index (χ2n) is 4.75. The lowest BCUT2D eigenvalue weighted by Gasteiger charge is -2.18. The Balaban J connectivity index is 1.75. The molecule has 5 nitrogen and oxygen atoms in total. The van der Waals surface area contributed by atoms with Crippen LogP contribution in [-0.4, -0.2) is 25.5 Å². The molecule has 0 heterocycles. The molecular formula is C14H19N3O2. The Morgan fingerprint density at radius 2 is 1.95 bits per heavy atom. The molecule has 0 radical (unpaired) electrons. The third kappa shape index (κ3) is 3.71. The van der Waals surface area contributed by atoms with Crippen molar-refractivity contribution in [2.75, 3.05) is 13.1 Å². The zero-order chi connectivity index (χ0) is 13.6. The first-order chi connectivity index (χ1) is 9.27. The first-order valence-corrected chi connectivity index (χ1v) is 6.55. The van der Waals surface area contributed by atoms with Crippen LogP contribution < -0.4 is 16.0 Å². The van der Waals surface area contributed by atoms with Gasteiger partial charge >= 0.3 is 6.03 Å². The quantitative estimate of drug-likeness (QED) is 0.508. The number of hydrogen-bond acceptors (Lipinski definition) is 2. The monoisotopic (exact) mass is 261 g/mol. The number of amides is 3. The molecule has 0 aliphatic heterocycles. The first-order valence-electron chi connectivity index (χ1n) is 6.55. The molecule has 0 atom stereocenters. The summed E-state index contributed by atoms with van der Waals surface area (Å²) in [5, 5.41) is 8.39. The van der Waals surface area contributed by atoms with E-state index in [1.54, 1.807) is 0 Å². The van der Waals surface area contributed by atoms with E-state index in [9.17, 15) is 9.59 Å². The van der Waals surface area contributed by atoms with Crippen LogP contribution in [0.1, 0.15) is 24.8 Å². The molecule has 19 heavy (non-hydrogen) atoms. The molecule has 1 aromatic rings. The van der Waals surface area contributed by atoms with E-state index in [1.807, 2.05) is 30.3 Å². The van der Waals surface area contributed by atoms with Gasteiger partial charge in [0.1, 0.15) is 0 Å². The summed E-state index contributed by atoms with van der Waals surface area (Å²) in [7, 11) is 0. The van der Waals surface area contributed by atoms with Crippen LogP contribution in [0.15, 0.2) is 30.3 Å². The largest absolute Gasteiger partial charge is 0.359 e. The molecule has 0 saturated heterocycles. The van der Waals surface area contributed by atoms with Crippen LogP contribution in [0.2, 0.25) is 0 Å². The van der Waals surface area contributed by atoms with E-state index in [0.29, 0.717) is 19.5 Å². The van der Waals surface area contributed by atoms with Crippen molar-refractivity contribution in [1.82, 2.24) is 16.0 Å². The van der Waals surface area contributed by atoms with Gasteiger partial charge in [-0.2, -0.15) is 0 Å². The summed E-state index contributed by atoms with van der Waals surface area (Å²) in [4.78, 5) is 21.8. The topological polar surface area (TPSA) is 70.2 Å². The maximum Gasteiger partial charge on any atom is 0.315 e. The van der Waals surface area contributed by atoms with Crippen molar-refractivity contribution in [3.05, 3.63) is 35.9 Å². The smallest absolute Gasteiger partial charge is 0.315 e.